The van der Waals surface area contributed by atoms with Crippen LogP contribution in [0.15, 0.2) is 48.5 Å². The summed E-state index contributed by atoms with van der Waals surface area (Å²) in [5.41, 5.74) is 2.80. The number of likely N-dealkylation sites (tertiary alicyclic amines) is 1. The molecule has 1 saturated heterocycles. The van der Waals surface area contributed by atoms with E-state index in [9.17, 15) is 14.0 Å². The van der Waals surface area contributed by atoms with Crippen LogP contribution in [-0.4, -0.2) is 29.8 Å². The van der Waals surface area contributed by atoms with E-state index >= 15 is 0 Å². The zero-order chi connectivity index (χ0) is 17.8. The number of benzene rings is 2. The number of halogens is 1. The number of nitrogens with one attached hydrogen (secondary N) is 1. The van der Waals surface area contributed by atoms with Crippen molar-refractivity contribution in [2.75, 3.05) is 18.4 Å². The first-order valence-electron chi connectivity index (χ1n) is 8.41. The molecule has 0 bridgehead atoms. The summed E-state index contributed by atoms with van der Waals surface area (Å²) >= 11 is 0. The van der Waals surface area contributed by atoms with Gasteiger partial charge in [0.2, 0.25) is 11.8 Å². The smallest absolute Gasteiger partial charge is 0.229 e. The molecule has 1 N–H and O–H groups in total. The molecule has 1 fully saturated rings. The van der Waals surface area contributed by atoms with Crippen LogP contribution in [0.25, 0.3) is 0 Å². The van der Waals surface area contributed by atoms with Crippen molar-refractivity contribution in [2.24, 2.45) is 5.92 Å². The zero-order valence-electron chi connectivity index (χ0n) is 14.2. The molecule has 0 aromatic heterocycles. The third-order valence-corrected chi connectivity index (χ3v) is 4.45. The van der Waals surface area contributed by atoms with Crippen molar-refractivity contribution in [3.63, 3.8) is 0 Å². The molecule has 25 heavy (non-hydrogen) atoms. The lowest BCUT2D eigenvalue weighted by molar-refractivity contribution is -0.128. The Labute approximate surface area is 146 Å². The maximum Gasteiger partial charge on any atom is 0.229 e. The summed E-state index contributed by atoms with van der Waals surface area (Å²) in [5.74, 6) is -0.732. The first-order valence-corrected chi connectivity index (χ1v) is 8.41. The fourth-order valence-corrected chi connectivity index (χ4v) is 3.05. The normalized spacial score (nSPS) is 17.0. The molecule has 2 aromatic carbocycles. The van der Waals surface area contributed by atoms with Gasteiger partial charge in [0.15, 0.2) is 0 Å². The first kappa shape index (κ1) is 17.1. The molecule has 130 valence electrons. The Balaban J connectivity index is 1.54. The summed E-state index contributed by atoms with van der Waals surface area (Å²) in [7, 11) is 0. The highest BCUT2D eigenvalue weighted by atomic mass is 19.1. The molecule has 2 amide bonds. The van der Waals surface area contributed by atoms with Crippen molar-refractivity contribution in [3.05, 3.63) is 65.5 Å². The lowest BCUT2D eigenvalue weighted by Gasteiger charge is -2.16. The number of amides is 2. The molecule has 2 aromatic rings. The standard InChI is InChI=1S/C20H21FN2O2/c1-14-3-2-4-18(11-14)22-20(25)16-12-19(24)23(13-16)10-9-15-5-7-17(21)8-6-15/h2-8,11,16H,9-10,12-13H2,1H3,(H,22,25). The van der Waals surface area contributed by atoms with E-state index in [4.69, 9.17) is 0 Å². The number of rotatable bonds is 5. The minimum atomic E-state index is -0.332. The van der Waals surface area contributed by atoms with Gasteiger partial charge < -0.3 is 10.2 Å². The summed E-state index contributed by atoms with van der Waals surface area (Å²) < 4.78 is 12.9. The Hall–Kier alpha value is -2.69. The highest BCUT2D eigenvalue weighted by Gasteiger charge is 2.33. The molecule has 0 saturated carbocycles. The average Bonchev–Trinajstić information content (AvgIpc) is 2.95. The van der Waals surface area contributed by atoms with E-state index in [1.54, 1.807) is 17.0 Å². The predicted octanol–water partition coefficient (Wildman–Crippen LogP) is 3.16. The molecule has 1 heterocycles. The number of carbonyl (C=O) groups excluding carboxylic acids is 2. The van der Waals surface area contributed by atoms with E-state index in [2.05, 4.69) is 5.32 Å². The van der Waals surface area contributed by atoms with E-state index in [-0.39, 0.29) is 30.0 Å². The maximum absolute atomic E-state index is 12.9. The maximum atomic E-state index is 12.9. The molecule has 1 unspecified atom stereocenters. The Morgan fingerprint density at radius 1 is 1.24 bits per heavy atom. The summed E-state index contributed by atoms with van der Waals surface area (Å²) in [6.45, 7) is 2.93. The molecule has 5 heteroatoms. The predicted molar refractivity (Wildman–Crippen MR) is 94.6 cm³/mol. The molecule has 4 nitrogen and oxygen atoms in total. The van der Waals surface area contributed by atoms with Gasteiger partial charge in [0.25, 0.3) is 0 Å². The highest BCUT2D eigenvalue weighted by Crippen LogP contribution is 2.21. The van der Waals surface area contributed by atoms with Crippen LogP contribution in [0.2, 0.25) is 0 Å². The van der Waals surface area contributed by atoms with E-state index in [1.807, 2.05) is 31.2 Å². The topological polar surface area (TPSA) is 49.4 Å². The van der Waals surface area contributed by atoms with Gasteiger partial charge >= 0.3 is 0 Å². The van der Waals surface area contributed by atoms with Gasteiger partial charge in [0, 0.05) is 25.2 Å². The zero-order valence-corrected chi connectivity index (χ0v) is 14.2. The molecule has 0 aliphatic carbocycles. The van der Waals surface area contributed by atoms with Gasteiger partial charge in [-0.05, 0) is 48.7 Å². The van der Waals surface area contributed by atoms with Gasteiger partial charge in [0.1, 0.15) is 5.82 Å². The van der Waals surface area contributed by atoms with Crippen molar-refractivity contribution < 1.29 is 14.0 Å². The van der Waals surface area contributed by atoms with Crippen molar-refractivity contribution >= 4 is 17.5 Å². The van der Waals surface area contributed by atoms with Gasteiger partial charge in [-0.2, -0.15) is 0 Å². The Kier molecular flexibility index (Phi) is 5.12. The molecule has 1 atom stereocenters. The van der Waals surface area contributed by atoms with Crippen molar-refractivity contribution in [1.29, 1.82) is 0 Å². The largest absolute Gasteiger partial charge is 0.342 e. The average molecular weight is 340 g/mol. The van der Waals surface area contributed by atoms with Crippen LogP contribution >= 0.6 is 0 Å². The van der Waals surface area contributed by atoms with Gasteiger partial charge in [-0.3, -0.25) is 9.59 Å². The van der Waals surface area contributed by atoms with Crippen LogP contribution in [0.1, 0.15) is 17.5 Å². The Morgan fingerprint density at radius 2 is 2.00 bits per heavy atom. The first-order chi connectivity index (χ1) is 12.0. The monoisotopic (exact) mass is 340 g/mol. The van der Waals surface area contributed by atoms with Crippen LogP contribution in [0.5, 0.6) is 0 Å². The molecule has 3 rings (SSSR count). The highest BCUT2D eigenvalue weighted by molar-refractivity contribution is 5.97. The lowest BCUT2D eigenvalue weighted by Crippen LogP contribution is -2.30. The van der Waals surface area contributed by atoms with Crippen molar-refractivity contribution in [2.45, 2.75) is 19.8 Å². The number of aryl methyl sites for hydroxylation is 1. The number of carbonyl (C=O) groups is 2. The number of nitrogens with zero attached hydrogens (tertiary/aromatic N) is 1. The second-order valence-corrected chi connectivity index (χ2v) is 6.48. The second kappa shape index (κ2) is 7.47. The SMILES string of the molecule is Cc1cccc(NC(=O)C2CC(=O)N(CCc3ccc(F)cc3)C2)c1. The molecular weight excluding hydrogens is 319 g/mol. The van der Waals surface area contributed by atoms with E-state index < -0.39 is 0 Å². The minimum Gasteiger partial charge on any atom is -0.342 e. The summed E-state index contributed by atoms with van der Waals surface area (Å²) in [6.07, 6.45) is 0.888. The summed E-state index contributed by atoms with van der Waals surface area (Å²) in [4.78, 5) is 26.3. The quantitative estimate of drug-likeness (QED) is 0.909. The molecule has 1 aliphatic heterocycles. The fourth-order valence-electron chi connectivity index (χ4n) is 3.05. The van der Waals surface area contributed by atoms with Crippen LogP contribution in [-0.2, 0) is 16.0 Å². The van der Waals surface area contributed by atoms with E-state index in [1.165, 1.54) is 12.1 Å². The van der Waals surface area contributed by atoms with Gasteiger partial charge in [0.05, 0.1) is 5.92 Å². The molecule has 1 aliphatic rings. The van der Waals surface area contributed by atoms with Crippen LogP contribution in [0, 0.1) is 18.7 Å². The third-order valence-electron chi connectivity index (χ3n) is 4.45. The lowest BCUT2D eigenvalue weighted by atomic mass is 10.1. The molecule has 0 radical (unpaired) electrons. The van der Waals surface area contributed by atoms with Crippen LogP contribution in [0.3, 0.4) is 0 Å². The van der Waals surface area contributed by atoms with Gasteiger partial charge in [-0.1, -0.05) is 24.3 Å². The number of hydrogen-bond acceptors (Lipinski definition) is 2. The summed E-state index contributed by atoms with van der Waals surface area (Å²) in [5, 5.41) is 2.89. The number of anilines is 1. The van der Waals surface area contributed by atoms with Crippen molar-refractivity contribution in [1.82, 2.24) is 4.90 Å². The van der Waals surface area contributed by atoms with Crippen LogP contribution in [0.4, 0.5) is 10.1 Å². The Morgan fingerprint density at radius 3 is 2.72 bits per heavy atom. The fraction of sp³-hybridized carbons (Fsp3) is 0.300. The third kappa shape index (κ3) is 4.44. The van der Waals surface area contributed by atoms with E-state index in [0.29, 0.717) is 19.5 Å². The summed E-state index contributed by atoms with van der Waals surface area (Å²) in [6, 6.07) is 13.9. The van der Waals surface area contributed by atoms with E-state index in [0.717, 1.165) is 16.8 Å². The number of hydrogen-bond donors (Lipinski definition) is 1. The van der Waals surface area contributed by atoms with Crippen LogP contribution < -0.4 is 5.32 Å². The minimum absolute atomic E-state index is 0.00787. The Bertz CT molecular complexity index is 774. The second-order valence-electron chi connectivity index (χ2n) is 6.48. The molecule has 0 spiro atoms. The van der Waals surface area contributed by atoms with Gasteiger partial charge in [-0.15, -0.1) is 0 Å². The van der Waals surface area contributed by atoms with Crippen molar-refractivity contribution in [3.8, 4) is 0 Å². The van der Waals surface area contributed by atoms with Gasteiger partial charge in [-0.25, -0.2) is 4.39 Å². The molecular formula is C20H21FN2O2.